The molecule has 0 radical (unpaired) electrons. The monoisotopic (exact) mass is 453 g/mol. The molecule has 3 unspecified atom stereocenters. The van der Waals surface area contributed by atoms with E-state index in [0.717, 1.165) is 31.7 Å². The number of allylic oxidation sites excluding steroid dienone is 2. The molecule has 0 aromatic heterocycles. The number of carbonyl (C=O) groups is 2. The van der Waals surface area contributed by atoms with Crippen LogP contribution in [0.5, 0.6) is 5.75 Å². The molecule has 1 aromatic rings. The van der Waals surface area contributed by atoms with Crippen LogP contribution in [0.15, 0.2) is 30.4 Å². The maximum atomic E-state index is 13.3. The normalized spacial score (nSPS) is 24.2. The number of amides is 1. The van der Waals surface area contributed by atoms with Crippen LogP contribution < -0.4 is 4.74 Å². The van der Waals surface area contributed by atoms with Crippen molar-refractivity contribution in [3.63, 3.8) is 0 Å². The van der Waals surface area contributed by atoms with Crippen LogP contribution in [0.2, 0.25) is 0 Å². The fourth-order valence-electron chi connectivity index (χ4n) is 4.83. The van der Waals surface area contributed by atoms with Gasteiger partial charge in [0.1, 0.15) is 5.75 Å². The molecule has 0 bridgehead atoms. The zero-order chi connectivity index (χ0) is 23.5. The van der Waals surface area contributed by atoms with E-state index in [4.69, 9.17) is 4.74 Å². The van der Waals surface area contributed by atoms with Crippen molar-refractivity contribution in [3.05, 3.63) is 41.5 Å². The lowest BCUT2D eigenvalue weighted by Gasteiger charge is -2.42. The number of nitrogens with zero attached hydrogens (tertiary/aromatic N) is 1. The van der Waals surface area contributed by atoms with Crippen LogP contribution in [0.3, 0.4) is 0 Å². The molecule has 0 saturated carbocycles. The van der Waals surface area contributed by atoms with E-state index in [9.17, 15) is 22.8 Å². The summed E-state index contributed by atoms with van der Waals surface area (Å²) in [6.07, 6.45) is 3.76. The standard InChI is InChI=1S/C25H32F3NO3.H2/c1-4-5-7-16(2)15-29-13-12-18-8-6-9-20(22(18)23(29)30)24(31)32-19-11-10-17(3)21(14-19)25(26,27)28;/h6,8,10-11,14,16,18,20,22H,4-5,7,9,12-13,15H2,1-3H3;1H/t16?,18?,20-,22?;/m0./s1. The zero-order valence-corrected chi connectivity index (χ0v) is 19.0. The number of piperidine rings is 1. The summed E-state index contributed by atoms with van der Waals surface area (Å²) in [5.74, 6) is -1.71. The van der Waals surface area contributed by atoms with E-state index in [1.807, 2.05) is 17.1 Å². The van der Waals surface area contributed by atoms with Gasteiger partial charge in [0, 0.05) is 14.5 Å². The Hall–Kier alpha value is -2.31. The molecule has 4 nitrogen and oxygen atoms in total. The lowest BCUT2D eigenvalue weighted by Crippen LogP contribution is -2.51. The van der Waals surface area contributed by atoms with Crippen LogP contribution in [0.1, 0.15) is 58.5 Å². The summed E-state index contributed by atoms with van der Waals surface area (Å²) in [4.78, 5) is 28.1. The smallest absolute Gasteiger partial charge is 0.416 e. The first kappa shape index (κ1) is 24.3. The van der Waals surface area contributed by atoms with Crippen molar-refractivity contribution < 1.29 is 28.9 Å². The SMILES string of the molecule is CCCCC(C)CN1CCC2C=CC[C@H](C(=O)Oc3ccc(C)c(C(F)(F)F)c3)C2C1=O.[HH]. The van der Waals surface area contributed by atoms with Gasteiger partial charge in [-0.1, -0.05) is 44.9 Å². The summed E-state index contributed by atoms with van der Waals surface area (Å²) < 4.78 is 45.0. The Morgan fingerprint density at radius 1 is 1.34 bits per heavy atom. The van der Waals surface area contributed by atoms with Crippen LogP contribution in [-0.4, -0.2) is 29.9 Å². The quantitative estimate of drug-likeness (QED) is 0.288. The molecule has 7 heteroatoms. The van der Waals surface area contributed by atoms with Gasteiger partial charge in [-0.15, -0.1) is 0 Å². The number of ether oxygens (including phenoxy) is 1. The maximum Gasteiger partial charge on any atom is 0.416 e. The molecule has 32 heavy (non-hydrogen) atoms. The highest BCUT2D eigenvalue weighted by Crippen LogP contribution is 2.39. The number of likely N-dealkylation sites (tertiary alicyclic amines) is 1. The number of unbranched alkanes of at least 4 members (excludes halogenated alkanes) is 1. The minimum atomic E-state index is -4.53. The van der Waals surface area contributed by atoms with Gasteiger partial charge in [-0.3, -0.25) is 9.59 Å². The zero-order valence-electron chi connectivity index (χ0n) is 19.0. The van der Waals surface area contributed by atoms with Gasteiger partial charge < -0.3 is 9.64 Å². The van der Waals surface area contributed by atoms with Crippen molar-refractivity contribution in [1.29, 1.82) is 0 Å². The summed E-state index contributed by atoms with van der Waals surface area (Å²) in [5.41, 5.74) is -0.765. The number of aryl methyl sites for hydroxylation is 1. The van der Waals surface area contributed by atoms with Crippen molar-refractivity contribution in [2.45, 2.75) is 59.1 Å². The Bertz CT molecular complexity index is 871. The van der Waals surface area contributed by atoms with Crippen molar-refractivity contribution >= 4 is 11.9 Å². The highest BCUT2D eigenvalue weighted by molar-refractivity contribution is 5.87. The first-order valence-corrected chi connectivity index (χ1v) is 11.5. The van der Waals surface area contributed by atoms with Crippen molar-refractivity contribution in [3.8, 4) is 5.75 Å². The Labute approximate surface area is 189 Å². The molecule has 1 aliphatic heterocycles. The van der Waals surface area contributed by atoms with E-state index in [2.05, 4.69) is 13.8 Å². The third-order valence-electron chi connectivity index (χ3n) is 6.62. The van der Waals surface area contributed by atoms with E-state index in [1.165, 1.54) is 19.1 Å². The molecule has 4 atom stereocenters. The summed E-state index contributed by atoms with van der Waals surface area (Å²) in [6, 6.07) is 3.51. The van der Waals surface area contributed by atoms with E-state index in [-0.39, 0.29) is 24.6 Å². The van der Waals surface area contributed by atoms with Crippen LogP contribution in [0, 0.1) is 30.6 Å². The predicted octanol–water partition coefficient (Wildman–Crippen LogP) is 6.03. The fraction of sp³-hybridized carbons (Fsp3) is 0.600. The van der Waals surface area contributed by atoms with Crippen LogP contribution >= 0.6 is 0 Å². The first-order valence-electron chi connectivity index (χ1n) is 11.5. The largest absolute Gasteiger partial charge is 0.426 e. The van der Waals surface area contributed by atoms with Crippen molar-refractivity contribution in [2.75, 3.05) is 13.1 Å². The number of fused-ring (bicyclic) bond motifs is 1. The molecule has 178 valence electrons. The van der Waals surface area contributed by atoms with Crippen molar-refractivity contribution in [1.82, 2.24) is 4.90 Å². The Balaban J connectivity index is 0.00000385. The minimum absolute atomic E-state index is 0. The lowest BCUT2D eigenvalue weighted by atomic mass is 9.71. The van der Waals surface area contributed by atoms with Gasteiger partial charge in [0.2, 0.25) is 5.91 Å². The minimum Gasteiger partial charge on any atom is -0.426 e. The number of rotatable bonds is 7. The Kier molecular flexibility index (Phi) is 7.67. The van der Waals surface area contributed by atoms with Gasteiger partial charge in [0.15, 0.2) is 0 Å². The Morgan fingerprint density at radius 2 is 2.09 bits per heavy atom. The fourth-order valence-corrected chi connectivity index (χ4v) is 4.83. The number of esters is 1. The van der Waals surface area contributed by atoms with Gasteiger partial charge in [-0.2, -0.15) is 13.2 Å². The third kappa shape index (κ3) is 5.54. The molecule has 1 fully saturated rings. The van der Waals surface area contributed by atoms with Gasteiger partial charge in [0.05, 0.1) is 17.4 Å². The van der Waals surface area contributed by atoms with Crippen molar-refractivity contribution in [2.24, 2.45) is 23.7 Å². The molecule has 1 saturated heterocycles. The number of alkyl halides is 3. The molecule has 1 heterocycles. The van der Waals surface area contributed by atoms with Gasteiger partial charge in [-0.25, -0.2) is 0 Å². The summed E-state index contributed by atoms with van der Waals surface area (Å²) >= 11 is 0. The number of benzene rings is 1. The summed E-state index contributed by atoms with van der Waals surface area (Å²) in [7, 11) is 0. The average molecular weight is 454 g/mol. The molecule has 0 N–H and O–H groups in total. The van der Waals surface area contributed by atoms with Crippen LogP contribution in [0.25, 0.3) is 0 Å². The number of hydrogen-bond donors (Lipinski definition) is 0. The predicted molar refractivity (Wildman–Crippen MR) is 118 cm³/mol. The van der Waals surface area contributed by atoms with Gasteiger partial charge in [0.25, 0.3) is 0 Å². The average Bonchev–Trinajstić information content (AvgIpc) is 2.74. The molecule has 1 aromatic carbocycles. The molecule has 1 aliphatic carbocycles. The second-order valence-corrected chi connectivity index (χ2v) is 9.18. The number of hydrogen-bond acceptors (Lipinski definition) is 3. The number of halogens is 3. The molecular formula is C25H34F3NO3. The van der Waals surface area contributed by atoms with E-state index >= 15 is 0 Å². The molecule has 1 amide bonds. The van der Waals surface area contributed by atoms with Crippen LogP contribution in [-0.2, 0) is 15.8 Å². The summed E-state index contributed by atoms with van der Waals surface area (Å²) in [5, 5.41) is 0. The molecule has 0 spiro atoms. The van der Waals surface area contributed by atoms with E-state index in [1.54, 1.807) is 0 Å². The molecule has 2 aliphatic rings. The van der Waals surface area contributed by atoms with E-state index < -0.39 is 29.5 Å². The maximum absolute atomic E-state index is 13.3. The second kappa shape index (κ2) is 10.1. The highest BCUT2D eigenvalue weighted by atomic mass is 19.4. The van der Waals surface area contributed by atoms with Gasteiger partial charge in [-0.05, 0) is 55.7 Å². The topological polar surface area (TPSA) is 46.6 Å². The van der Waals surface area contributed by atoms with Crippen LogP contribution in [0.4, 0.5) is 13.2 Å². The Morgan fingerprint density at radius 3 is 2.78 bits per heavy atom. The van der Waals surface area contributed by atoms with Gasteiger partial charge >= 0.3 is 12.1 Å². The molecular weight excluding hydrogens is 419 g/mol. The summed E-state index contributed by atoms with van der Waals surface area (Å²) in [6.45, 7) is 6.97. The molecule has 3 rings (SSSR count). The first-order chi connectivity index (χ1) is 15.1. The highest BCUT2D eigenvalue weighted by Gasteiger charge is 2.45. The van der Waals surface area contributed by atoms with E-state index in [0.29, 0.717) is 25.4 Å². The lowest BCUT2D eigenvalue weighted by molar-refractivity contribution is -0.153. The second-order valence-electron chi connectivity index (χ2n) is 9.18. The number of carbonyl (C=O) groups excluding carboxylic acids is 2. The third-order valence-corrected chi connectivity index (χ3v) is 6.62.